The van der Waals surface area contributed by atoms with Gasteiger partial charge in [0, 0.05) is 11.6 Å². The molecule has 1 aliphatic rings. The monoisotopic (exact) mass is 340 g/mol. The van der Waals surface area contributed by atoms with Gasteiger partial charge in [-0.25, -0.2) is 5.43 Å². The number of carbonyl (C=O) groups excluding carboxylic acids is 1. The number of nitrogens with zero attached hydrogens (tertiary/aromatic N) is 2. The number of aromatic nitrogens is 2. The third kappa shape index (κ3) is 5.17. The van der Waals surface area contributed by atoms with Crippen molar-refractivity contribution in [2.24, 2.45) is 5.10 Å². The Bertz CT molecular complexity index is 717. The summed E-state index contributed by atoms with van der Waals surface area (Å²) in [6, 6.07) is 9.43. The van der Waals surface area contributed by atoms with Gasteiger partial charge in [0.2, 0.25) is 0 Å². The molecule has 0 atom stereocenters. The number of rotatable bonds is 9. The Morgan fingerprint density at radius 3 is 2.88 bits per heavy atom. The van der Waals surface area contributed by atoms with Gasteiger partial charge in [-0.3, -0.25) is 9.89 Å². The zero-order chi connectivity index (χ0) is 17.5. The Morgan fingerprint density at radius 2 is 2.16 bits per heavy atom. The fourth-order valence-electron chi connectivity index (χ4n) is 2.47. The van der Waals surface area contributed by atoms with Crippen LogP contribution in [0.2, 0.25) is 0 Å². The van der Waals surface area contributed by atoms with Crippen LogP contribution in [0.5, 0.6) is 5.75 Å². The van der Waals surface area contributed by atoms with Crippen LogP contribution in [0.15, 0.2) is 35.4 Å². The Labute approximate surface area is 147 Å². The lowest BCUT2D eigenvalue weighted by Gasteiger charge is -2.05. The number of carbonyl (C=O) groups is 1. The molecule has 3 rings (SSSR count). The van der Waals surface area contributed by atoms with Gasteiger partial charge in [-0.1, -0.05) is 19.8 Å². The third-order valence-electron chi connectivity index (χ3n) is 4.12. The molecule has 132 valence electrons. The Hall–Kier alpha value is -2.63. The number of H-pyrrole nitrogens is 1. The van der Waals surface area contributed by atoms with E-state index in [4.69, 9.17) is 4.74 Å². The van der Waals surface area contributed by atoms with Crippen molar-refractivity contribution in [1.29, 1.82) is 0 Å². The highest BCUT2D eigenvalue weighted by atomic mass is 16.5. The van der Waals surface area contributed by atoms with E-state index in [-0.39, 0.29) is 5.91 Å². The predicted molar refractivity (Wildman–Crippen MR) is 97.1 cm³/mol. The van der Waals surface area contributed by atoms with E-state index in [2.05, 4.69) is 27.6 Å². The van der Waals surface area contributed by atoms with E-state index in [9.17, 15) is 4.79 Å². The summed E-state index contributed by atoms with van der Waals surface area (Å²) >= 11 is 0. The number of nitrogens with one attached hydrogen (secondary N) is 2. The minimum atomic E-state index is -0.310. The lowest BCUT2D eigenvalue weighted by Crippen LogP contribution is -2.18. The predicted octanol–water partition coefficient (Wildman–Crippen LogP) is 3.62. The third-order valence-corrected chi connectivity index (χ3v) is 4.12. The van der Waals surface area contributed by atoms with Crippen LogP contribution in [0.3, 0.4) is 0 Å². The standard InChI is InChI=1S/C19H24N4O2/c1-2-3-4-11-25-16-9-5-14(6-10-16)13-20-23-19(24)18-12-17(21-22-18)15-7-8-15/h5-6,9-10,12-13,15H,2-4,7-8,11H2,1H3,(H,21,22)(H,23,24)/b20-13-. The van der Waals surface area contributed by atoms with Gasteiger partial charge < -0.3 is 4.74 Å². The molecule has 1 saturated carbocycles. The first-order chi connectivity index (χ1) is 12.3. The molecule has 0 aliphatic heterocycles. The Balaban J connectivity index is 1.45. The van der Waals surface area contributed by atoms with Crippen molar-refractivity contribution >= 4 is 12.1 Å². The molecule has 1 amide bonds. The molecule has 0 bridgehead atoms. The van der Waals surface area contributed by atoms with E-state index in [1.54, 1.807) is 12.3 Å². The maximum atomic E-state index is 12.0. The fraction of sp³-hybridized carbons (Fsp3) is 0.421. The minimum absolute atomic E-state index is 0.310. The maximum Gasteiger partial charge on any atom is 0.291 e. The van der Waals surface area contributed by atoms with Crippen LogP contribution in [-0.2, 0) is 0 Å². The molecule has 1 fully saturated rings. The van der Waals surface area contributed by atoms with E-state index >= 15 is 0 Å². The average molecular weight is 340 g/mol. The highest BCUT2D eigenvalue weighted by molar-refractivity contribution is 5.93. The number of hydrogen-bond acceptors (Lipinski definition) is 4. The summed E-state index contributed by atoms with van der Waals surface area (Å²) in [6.45, 7) is 2.91. The van der Waals surface area contributed by atoms with Gasteiger partial charge in [0.25, 0.3) is 5.91 Å². The van der Waals surface area contributed by atoms with Crippen LogP contribution >= 0.6 is 0 Å². The Kier molecular flexibility index (Phi) is 5.82. The van der Waals surface area contributed by atoms with E-state index < -0.39 is 0 Å². The molecule has 6 heteroatoms. The van der Waals surface area contributed by atoms with Crippen molar-refractivity contribution in [3.8, 4) is 5.75 Å². The zero-order valence-corrected chi connectivity index (χ0v) is 14.5. The zero-order valence-electron chi connectivity index (χ0n) is 14.5. The van der Waals surface area contributed by atoms with Crippen molar-refractivity contribution in [3.63, 3.8) is 0 Å². The first-order valence-electron chi connectivity index (χ1n) is 8.88. The summed E-state index contributed by atoms with van der Waals surface area (Å²) in [5.74, 6) is 1.08. The van der Waals surface area contributed by atoms with Gasteiger partial charge in [0.05, 0.1) is 12.8 Å². The SMILES string of the molecule is CCCCCOc1ccc(/C=N\NC(=O)c2cc(C3CC3)[nH]n2)cc1. The summed E-state index contributed by atoms with van der Waals surface area (Å²) in [5.41, 5.74) is 4.79. The topological polar surface area (TPSA) is 79.4 Å². The second-order valence-electron chi connectivity index (χ2n) is 6.31. The average Bonchev–Trinajstić information content (AvgIpc) is 3.36. The lowest BCUT2D eigenvalue weighted by atomic mass is 10.2. The Morgan fingerprint density at radius 1 is 1.36 bits per heavy atom. The summed E-state index contributed by atoms with van der Waals surface area (Å²) < 4.78 is 5.66. The molecule has 2 N–H and O–H groups in total. The van der Waals surface area contributed by atoms with Crippen LogP contribution < -0.4 is 10.2 Å². The first-order valence-corrected chi connectivity index (χ1v) is 8.88. The second-order valence-corrected chi connectivity index (χ2v) is 6.31. The summed E-state index contributed by atoms with van der Waals surface area (Å²) in [7, 11) is 0. The molecule has 1 aromatic carbocycles. The van der Waals surface area contributed by atoms with Crippen LogP contribution in [0.4, 0.5) is 0 Å². The molecule has 6 nitrogen and oxygen atoms in total. The molecule has 2 aromatic rings. The number of benzene rings is 1. The molecule has 1 aliphatic carbocycles. The molecule has 1 aromatic heterocycles. The number of aromatic amines is 1. The quantitative estimate of drug-likeness (QED) is 0.416. The van der Waals surface area contributed by atoms with Crippen molar-refractivity contribution in [2.45, 2.75) is 44.9 Å². The van der Waals surface area contributed by atoms with Gasteiger partial charge in [0.15, 0.2) is 5.69 Å². The van der Waals surface area contributed by atoms with E-state index in [0.717, 1.165) is 30.0 Å². The largest absolute Gasteiger partial charge is 0.494 e. The number of unbranched alkanes of at least 4 members (excludes halogenated alkanes) is 2. The number of hydrazone groups is 1. The summed E-state index contributed by atoms with van der Waals surface area (Å²) in [5, 5.41) is 10.9. The van der Waals surface area contributed by atoms with Gasteiger partial charge in [-0.05, 0) is 55.2 Å². The number of ether oxygens (including phenoxy) is 1. The van der Waals surface area contributed by atoms with Gasteiger partial charge in [0.1, 0.15) is 5.75 Å². The van der Waals surface area contributed by atoms with Crippen molar-refractivity contribution < 1.29 is 9.53 Å². The van der Waals surface area contributed by atoms with Crippen LogP contribution in [0.1, 0.15) is 66.7 Å². The minimum Gasteiger partial charge on any atom is -0.494 e. The van der Waals surface area contributed by atoms with Crippen LogP contribution in [0.25, 0.3) is 0 Å². The van der Waals surface area contributed by atoms with Gasteiger partial charge >= 0.3 is 0 Å². The maximum absolute atomic E-state index is 12.0. The molecule has 0 saturated heterocycles. The number of hydrogen-bond donors (Lipinski definition) is 2. The highest BCUT2D eigenvalue weighted by Crippen LogP contribution is 2.38. The first kappa shape index (κ1) is 17.2. The van der Waals surface area contributed by atoms with Gasteiger partial charge in [-0.15, -0.1) is 0 Å². The van der Waals surface area contributed by atoms with Gasteiger partial charge in [-0.2, -0.15) is 10.2 Å². The molecule has 25 heavy (non-hydrogen) atoms. The van der Waals surface area contributed by atoms with E-state index in [1.165, 1.54) is 25.7 Å². The molecule has 1 heterocycles. The lowest BCUT2D eigenvalue weighted by molar-refractivity contribution is 0.0950. The fourth-order valence-corrected chi connectivity index (χ4v) is 2.47. The second kappa shape index (κ2) is 8.46. The number of amides is 1. The summed E-state index contributed by atoms with van der Waals surface area (Å²) in [4.78, 5) is 12.0. The smallest absolute Gasteiger partial charge is 0.291 e. The van der Waals surface area contributed by atoms with Crippen molar-refractivity contribution in [3.05, 3.63) is 47.3 Å². The molecule has 0 spiro atoms. The summed E-state index contributed by atoms with van der Waals surface area (Å²) in [6.07, 6.45) is 7.38. The highest BCUT2D eigenvalue weighted by Gasteiger charge is 2.26. The van der Waals surface area contributed by atoms with Crippen LogP contribution in [0, 0.1) is 0 Å². The van der Waals surface area contributed by atoms with E-state index in [0.29, 0.717) is 11.6 Å². The van der Waals surface area contributed by atoms with Crippen molar-refractivity contribution in [2.75, 3.05) is 6.61 Å². The molecular weight excluding hydrogens is 316 g/mol. The van der Waals surface area contributed by atoms with Crippen molar-refractivity contribution in [1.82, 2.24) is 15.6 Å². The molecule has 0 unspecified atom stereocenters. The van der Waals surface area contributed by atoms with E-state index in [1.807, 2.05) is 24.3 Å². The molecule has 0 radical (unpaired) electrons. The molecular formula is C19H24N4O2. The normalized spacial score (nSPS) is 14.0. The van der Waals surface area contributed by atoms with Crippen LogP contribution in [-0.4, -0.2) is 28.9 Å².